The number of carbonyl (C=O) groups is 3. The Balaban J connectivity index is 4.26. The molecule has 0 spiro atoms. The lowest BCUT2D eigenvalue weighted by Crippen LogP contribution is -2.50. The average molecular weight is 847 g/mol. The van der Waals surface area contributed by atoms with Gasteiger partial charge in [0.25, 0.3) is 0 Å². The fourth-order valence-corrected chi connectivity index (χ4v) is 7.35. The van der Waals surface area contributed by atoms with E-state index in [-0.39, 0.29) is 36.2 Å². The summed E-state index contributed by atoms with van der Waals surface area (Å²) in [7, 11) is 5.53. The molecule has 8 nitrogen and oxygen atoms in total. The molecular weight excluding hydrogens is 751 g/mol. The van der Waals surface area contributed by atoms with Crippen molar-refractivity contribution in [3.8, 4) is 0 Å². The molecule has 0 aromatic carbocycles. The number of aliphatic carboxylic acids is 1. The van der Waals surface area contributed by atoms with Gasteiger partial charge in [-0.3, -0.25) is 9.59 Å². The zero-order valence-electron chi connectivity index (χ0n) is 39.9. The van der Waals surface area contributed by atoms with Gasteiger partial charge in [0.2, 0.25) is 0 Å². The summed E-state index contributed by atoms with van der Waals surface area (Å²) in [6, 6.07) is -0.616. The second kappa shape index (κ2) is 43.2. The fourth-order valence-electron chi connectivity index (χ4n) is 7.35. The number of ether oxygens (including phenoxy) is 3. The molecule has 0 aromatic rings. The van der Waals surface area contributed by atoms with E-state index in [1.54, 1.807) is 0 Å². The molecule has 0 fully saturated rings. The van der Waals surface area contributed by atoms with Crippen LogP contribution in [-0.2, 0) is 28.6 Å². The Morgan fingerprint density at radius 2 is 0.883 bits per heavy atom. The van der Waals surface area contributed by atoms with Gasteiger partial charge >= 0.3 is 17.9 Å². The highest BCUT2D eigenvalue weighted by molar-refractivity contribution is 5.72. The smallest absolute Gasteiger partial charge is 0.362 e. The summed E-state index contributed by atoms with van der Waals surface area (Å²) < 4.78 is 17.3. The van der Waals surface area contributed by atoms with Crippen molar-refractivity contribution in [2.24, 2.45) is 0 Å². The topological polar surface area (TPSA) is 99.1 Å². The number of nitrogens with zero attached hydrogens (tertiary/aromatic N) is 1. The second-order valence-electron chi connectivity index (χ2n) is 18.1. The summed E-state index contributed by atoms with van der Waals surface area (Å²) in [5, 5.41) is 9.64. The van der Waals surface area contributed by atoms with E-state index in [0.29, 0.717) is 19.3 Å². The number of quaternary nitrogens is 1. The quantitative estimate of drug-likeness (QED) is 0.0282. The van der Waals surface area contributed by atoms with Gasteiger partial charge in [-0.05, 0) is 70.6 Å². The number of esters is 2. The maximum atomic E-state index is 12.8. The van der Waals surface area contributed by atoms with Gasteiger partial charge in [0, 0.05) is 19.3 Å². The molecule has 8 heteroatoms. The van der Waals surface area contributed by atoms with Crippen molar-refractivity contribution in [2.45, 2.75) is 238 Å². The monoisotopic (exact) mass is 847 g/mol. The van der Waals surface area contributed by atoms with E-state index in [2.05, 4.69) is 50.3 Å². The summed E-state index contributed by atoms with van der Waals surface area (Å²) in [6.45, 7) is 4.72. The fraction of sp³-hybridized carbons (Fsp3) is 0.827. The van der Waals surface area contributed by atoms with E-state index in [9.17, 15) is 19.5 Å². The molecule has 0 rings (SSSR count). The Hall–Kier alpha value is -2.45. The highest BCUT2D eigenvalue weighted by Gasteiger charge is 2.31. The number of unbranched alkanes of at least 4 members (excludes halogenated alkanes) is 25. The molecule has 2 atom stereocenters. The molecule has 0 aromatic heterocycles. The van der Waals surface area contributed by atoms with Gasteiger partial charge in [-0.15, -0.1) is 0 Å². The van der Waals surface area contributed by atoms with Crippen LogP contribution >= 0.6 is 0 Å². The second-order valence-corrected chi connectivity index (χ2v) is 18.1. The van der Waals surface area contributed by atoms with Gasteiger partial charge in [0.05, 0.1) is 34.4 Å². The van der Waals surface area contributed by atoms with E-state index in [0.717, 1.165) is 51.4 Å². The number of likely N-dealkylation sites (N-methyl/N-ethyl adjacent to an activating group) is 1. The van der Waals surface area contributed by atoms with Crippen LogP contribution in [0.2, 0.25) is 0 Å². The largest absolute Gasteiger partial charge is 0.477 e. The Kier molecular flexibility index (Phi) is 41.4. The standard InChI is InChI=1S/C52H95NO7/c1-6-8-10-12-14-16-18-20-22-24-25-27-28-30-32-34-36-38-40-42-50(54)59-47-48(46-58-45-44-49(52(56)57)53(3,4)5)60-51(55)43-41-39-37-35-33-31-29-26-23-21-19-17-15-13-11-9-7-2/h15,17,20-23,48-49H,6-14,16,18-19,24-47H2,1-5H3/p+1/b17-15-,22-20-,23-21-. The number of allylic oxidation sites excluding steroid dienone is 6. The minimum absolute atomic E-state index is 0.0535. The van der Waals surface area contributed by atoms with Gasteiger partial charge in [-0.2, -0.15) is 0 Å². The molecule has 60 heavy (non-hydrogen) atoms. The van der Waals surface area contributed by atoms with Gasteiger partial charge in [0.1, 0.15) is 6.61 Å². The van der Waals surface area contributed by atoms with E-state index in [4.69, 9.17) is 14.2 Å². The van der Waals surface area contributed by atoms with Crippen LogP contribution in [0.3, 0.4) is 0 Å². The summed E-state index contributed by atoms with van der Waals surface area (Å²) in [4.78, 5) is 37.1. The van der Waals surface area contributed by atoms with Crippen molar-refractivity contribution < 1.29 is 38.2 Å². The normalized spacial score (nSPS) is 13.2. The van der Waals surface area contributed by atoms with Crippen LogP contribution in [0.5, 0.6) is 0 Å². The first-order valence-electron chi connectivity index (χ1n) is 25.0. The first-order chi connectivity index (χ1) is 29.1. The van der Waals surface area contributed by atoms with Gasteiger partial charge < -0.3 is 23.8 Å². The van der Waals surface area contributed by atoms with Crippen LogP contribution in [0.1, 0.15) is 226 Å². The average Bonchev–Trinajstić information content (AvgIpc) is 3.21. The molecule has 1 N–H and O–H groups in total. The number of rotatable bonds is 45. The lowest BCUT2D eigenvalue weighted by Gasteiger charge is -2.31. The molecule has 0 aliphatic heterocycles. The van der Waals surface area contributed by atoms with Crippen molar-refractivity contribution in [3.05, 3.63) is 36.5 Å². The van der Waals surface area contributed by atoms with Gasteiger partial charge in [-0.25, -0.2) is 4.79 Å². The minimum atomic E-state index is -0.875. The molecule has 0 bridgehead atoms. The number of hydrogen-bond acceptors (Lipinski definition) is 6. The van der Waals surface area contributed by atoms with Crippen LogP contribution in [0.15, 0.2) is 36.5 Å². The molecule has 0 saturated carbocycles. The highest BCUT2D eigenvalue weighted by Crippen LogP contribution is 2.15. The Morgan fingerprint density at radius 3 is 1.33 bits per heavy atom. The first-order valence-corrected chi connectivity index (χ1v) is 25.0. The third-order valence-electron chi connectivity index (χ3n) is 11.3. The van der Waals surface area contributed by atoms with E-state index < -0.39 is 18.1 Å². The Morgan fingerprint density at radius 1 is 0.500 bits per heavy atom. The maximum Gasteiger partial charge on any atom is 0.362 e. The number of carboxylic acid groups (broad SMARTS) is 1. The lowest BCUT2D eigenvalue weighted by atomic mass is 10.1. The molecule has 0 amide bonds. The van der Waals surface area contributed by atoms with Gasteiger partial charge in [0.15, 0.2) is 12.1 Å². The highest BCUT2D eigenvalue weighted by atomic mass is 16.6. The van der Waals surface area contributed by atoms with Crippen molar-refractivity contribution in [1.29, 1.82) is 0 Å². The van der Waals surface area contributed by atoms with Crippen molar-refractivity contribution in [1.82, 2.24) is 0 Å². The van der Waals surface area contributed by atoms with Gasteiger partial charge in [-0.1, -0.05) is 172 Å². The zero-order valence-corrected chi connectivity index (χ0v) is 39.9. The summed E-state index contributed by atoms with van der Waals surface area (Å²) >= 11 is 0. The van der Waals surface area contributed by atoms with Crippen LogP contribution in [0, 0.1) is 0 Å². The third-order valence-corrected chi connectivity index (χ3v) is 11.3. The third kappa shape index (κ3) is 40.9. The molecule has 0 aliphatic rings. The van der Waals surface area contributed by atoms with E-state index in [1.165, 1.54) is 141 Å². The molecule has 0 heterocycles. The molecule has 350 valence electrons. The Labute approximate surface area is 370 Å². The predicted molar refractivity (Wildman–Crippen MR) is 252 cm³/mol. The van der Waals surface area contributed by atoms with Crippen LogP contribution in [0.25, 0.3) is 0 Å². The van der Waals surface area contributed by atoms with Crippen molar-refractivity contribution in [3.63, 3.8) is 0 Å². The number of carbonyl (C=O) groups excluding carboxylic acids is 2. The van der Waals surface area contributed by atoms with Crippen LogP contribution in [0.4, 0.5) is 0 Å². The van der Waals surface area contributed by atoms with Crippen LogP contribution in [-0.4, -0.2) is 80.6 Å². The van der Waals surface area contributed by atoms with Crippen molar-refractivity contribution >= 4 is 17.9 Å². The summed E-state index contributed by atoms with van der Waals surface area (Å²) in [5.41, 5.74) is 0. The lowest BCUT2D eigenvalue weighted by molar-refractivity contribution is -0.887. The zero-order chi connectivity index (χ0) is 44.2. The minimum Gasteiger partial charge on any atom is -0.477 e. The number of hydrogen-bond donors (Lipinski definition) is 1. The Bertz CT molecular complexity index is 1080. The molecule has 0 aliphatic carbocycles. The summed E-state index contributed by atoms with van der Waals surface area (Å²) in [5.74, 6) is -1.47. The van der Waals surface area contributed by atoms with E-state index >= 15 is 0 Å². The molecule has 2 unspecified atom stereocenters. The van der Waals surface area contributed by atoms with Crippen molar-refractivity contribution in [2.75, 3.05) is 41.0 Å². The SMILES string of the molecule is CCCCC/C=C\C/C=C\CCCCCCCCCC(=O)OC(COCCC(C(=O)O)[N+](C)(C)C)COC(=O)CCCCCCCCCCC/C=C\CCCCCCCC. The molecule has 0 radical (unpaired) electrons. The maximum absolute atomic E-state index is 12.8. The molecule has 0 saturated heterocycles. The van der Waals surface area contributed by atoms with E-state index in [1.807, 2.05) is 21.1 Å². The van der Waals surface area contributed by atoms with Crippen LogP contribution < -0.4 is 0 Å². The predicted octanol–water partition coefficient (Wildman–Crippen LogP) is 14.2. The number of carboxylic acids is 1. The summed E-state index contributed by atoms with van der Waals surface area (Å²) in [6.07, 6.45) is 50.4. The molecular formula is C52H96NO7+. The first kappa shape index (κ1) is 57.5.